The lowest BCUT2D eigenvalue weighted by Crippen LogP contribution is -2.27. The van der Waals surface area contributed by atoms with Crippen LogP contribution in [-0.2, 0) is 13.0 Å². The maximum atomic E-state index is 12.4. The summed E-state index contributed by atoms with van der Waals surface area (Å²) in [6.07, 6.45) is 2.42. The van der Waals surface area contributed by atoms with Crippen LogP contribution in [0.3, 0.4) is 0 Å². The SMILES string of the molecule is CC(NC(=O)c1csc(CCN)n1)c1cccc(OCc2ccccn2)c1.Cl.Cl. The third-order valence-corrected chi connectivity index (χ3v) is 4.87. The third kappa shape index (κ3) is 7.29. The minimum atomic E-state index is -0.193. The van der Waals surface area contributed by atoms with Gasteiger partial charge in [0.25, 0.3) is 5.91 Å². The van der Waals surface area contributed by atoms with Gasteiger partial charge in [-0.3, -0.25) is 9.78 Å². The summed E-state index contributed by atoms with van der Waals surface area (Å²) in [5.74, 6) is 0.542. The minimum absolute atomic E-state index is 0. The first-order valence-corrected chi connectivity index (χ1v) is 9.61. The van der Waals surface area contributed by atoms with Crippen LogP contribution in [0.15, 0.2) is 54.0 Å². The topological polar surface area (TPSA) is 90.1 Å². The molecule has 1 unspecified atom stereocenters. The molecular weight excluding hydrogens is 431 g/mol. The average Bonchev–Trinajstić information content (AvgIpc) is 3.16. The fourth-order valence-electron chi connectivity index (χ4n) is 2.52. The summed E-state index contributed by atoms with van der Waals surface area (Å²) in [7, 11) is 0. The van der Waals surface area contributed by atoms with E-state index in [1.165, 1.54) is 11.3 Å². The Morgan fingerprint density at radius 1 is 1.24 bits per heavy atom. The standard InChI is InChI=1S/C20H22N4O2S.2ClH/c1-14(23-20(25)18-13-27-19(24-18)8-9-21)15-5-4-7-17(11-15)26-12-16-6-2-3-10-22-16;;/h2-7,10-11,13-14H,8-9,12,21H2,1H3,(H,23,25);2*1H. The van der Waals surface area contributed by atoms with Gasteiger partial charge < -0.3 is 15.8 Å². The van der Waals surface area contributed by atoms with Gasteiger partial charge in [0.1, 0.15) is 18.1 Å². The highest BCUT2D eigenvalue weighted by atomic mass is 35.5. The van der Waals surface area contributed by atoms with Crippen LogP contribution in [-0.4, -0.2) is 22.4 Å². The molecule has 9 heteroatoms. The van der Waals surface area contributed by atoms with Gasteiger partial charge in [0.15, 0.2) is 0 Å². The molecule has 6 nitrogen and oxygen atoms in total. The van der Waals surface area contributed by atoms with Crippen molar-refractivity contribution in [3.05, 3.63) is 76.0 Å². The van der Waals surface area contributed by atoms with Gasteiger partial charge in [0, 0.05) is 18.0 Å². The summed E-state index contributed by atoms with van der Waals surface area (Å²) in [5.41, 5.74) is 7.78. The summed E-state index contributed by atoms with van der Waals surface area (Å²) in [4.78, 5) is 21.0. The molecule has 3 rings (SSSR count). The zero-order chi connectivity index (χ0) is 19.1. The Balaban J connectivity index is 0.00000210. The first-order valence-electron chi connectivity index (χ1n) is 8.73. The van der Waals surface area contributed by atoms with E-state index in [0.29, 0.717) is 25.3 Å². The van der Waals surface area contributed by atoms with E-state index in [-0.39, 0.29) is 36.8 Å². The van der Waals surface area contributed by atoms with E-state index in [1.807, 2.05) is 49.4 Å². The molecule has 3 aromatic rings. The van der Waals surface area contributed by atoms with Crippen molar-refractivity contribution in [2.75, 3.05) is 6.54 Å². The van der Waals surface area contributed by atoms with Gasteiger partial charge in [0.2, 0.25) is 0 Å². The second-order valence-electron chi connectivity index (χ2n) is 6.04. The third-order valence-electron chi connectivity index (χ3n) is 3.96. The number of pyridine rings is 1. The molecule has 0 aliphatic carbocycles. The largest absolute Gasteiger partial charge is 0.487 e. The molecule has 1 amide bonds. The van der Waals surface area contributed by atoms with Gasteiger partial charge in [-0.15, -0.1) is 36.2 Å². The molecule has 156 valence electrons. The van der Waals surface area contributed by atoms with Gasteiger partial charge >= 0.3 is 0 Å². The van der Waals surface area contributed by atoms with Gasteiger partial charge in [0.05, 0.1) is 16.7 Å². The molecule has 0 saturated carbocycles. The van der Waals surface area contributed by atoms with Crippen molar-refractivity contribution in [1.29, 1.82) is 0 Å². The van der Waals surface area contributed by atoms with Crippen LogP contribution in [0.25, 0.3) is 0 Å². The van der Waals surface area contributed by atoms with Crippen LogP contribution < -0.4 is 15.8 Å². The first-order chi connectivity index (χ1) is 13.2. The number of nitrogens with one attached hydrogen (secondary N) is 1. The predicted octanol–water partition coefficient (Wildman–Crippen LogP) is 3.95. The van der Waals surface area contributed by atoms with E-state index in [9.17, 15) is 4.79 Å². The molecule has 3 N–H and O–H groups in total. The first kappa shape index (κ1) is 24.8. The lowest BCUT2D eigenvalue weighted by Gasteiger charge is -2.15. The van der Waals surface area contributed by atoms with E-state index in [4.69, 9.17) is 10.5 Å². The molecule has 0 fully saturated rings. The van der Waals surface area contributed by atoms with E-state index >= 15 is 0 Å². The average molecular weight is 455 g/mol. The maximum absolute atomic E-state index is 12.4. The number of rotatable bonds is 8. The number of nitrogens with zero attached hydrogens (tertiary/aromatic N) is 2. The number of thiazole rings is 1. The zero-order valence-electron chi connectivity index (χ0n) is 15.9. The Hall–Kier alpha value is -2.19. The van der Waals surface area contributed by atoms with Crippen LogP contribution in [0.4, 0.5) is 0 Å². The molecule has 0 bridgehead atoms. The molecule has 0 aliphatic heterocycles. The number of halogens is 2. The van der Waals surface area contributed by atoms with Crippen LogP contribution in [0.1, 0.15) is 39.7 Å². The molecule has 2 heterocycles. The number of aromatic nitrogens is 2. The van der Waals surface area contributed by atoms with E-state index in [2.05, 4.69) is 15.3 Å². The van der Waals surface area contributed by atoms with Gasteiger partial charge in [-0.25, -0.2) is 4.98 Å². The van der Waals surface area contributed by atoms with E-state index < -0.39 is 0 Å². The number of nitrogens with two attached hydrogens (primary N) is 1. The summed E-state index contributed by atoms with van der Waals surface area (Å²) >= 11 is 1.45. The lowest BCUT2D eigenvalue weighted by molar-refractivity contribution is 0.0935. The highest BCUT2D eigenvalue weighted by Gasteiger charge is 2.15. The van der Waals surface area contributed by atoms with Gasteiger partial charge in [-0.1, -0.05) is 18.2 Å². The van der Waals surface area contributed by atoms with Crippen molar-refractivity contribution in [3.8, 4) is 5.75 Å². The van der Waals surface area contributed by atoms with Crippen molar-refractivity contribution in [2.45, 2.75) is 26.0 Å². The fraction of sp³-hybridized carbons (Fsp3) is 0.250. The number of carbonyl (C=O) groups is 1. The van der Waals surface area contributed by atoms with Crippen LogP contribution >= 0.6 is 36.2 Å². The number of benzene rings is 1. The van der Waals surface area contributed by atoms with Crippen molar-refractivity contribution >= 4 is 42.1 Å². The zero-order valence-corrected chi connectivity index (χ0v) is 18.4. The number of carbonyl (C=O) groups excluding carboxylic acids is 1. The molecule has 1 atom stereocenters. The monoisotopic (exact) mass is 454 g/mol. The lowest BCUT2D eigenvalue weighted by atomic mass is 10.1. The Labute approximate surface area is 186 Å². The maximum Gasteiger partial charge on any atom is 0.271 e. The Bertz CT molecular complexity index is 893. The van der Waals surface area contributed by atoms with Crippen LogP contribution in [0.2, 0.25) is 0 Å². The van der Waals surface area contributed by atoms with Crippen LogP contribution in [0, 0.1) is 0 Å². The molecule has 2 aromatic heterocycles. The summed E-state index contributed by atoms with van der Waals surface area (Å²) in [5, 5.41) is 5.61. The highest BCUT2D eigenvalue weighted by molar-refractivity contribution is 7.09. The molecule has 0 radical (unpaired) electrons. The number of amides is 1. The van der Waals surface area contributed by atoms with Crippen molar-refractivity contribution < 1.29 is 9.53 Å². The number of hydrogen-bond acceptors (Lipinski definition) is 6. The minimum Gasteiger partial charge on any atom is -0.487 e. The second-order valence-corrected chi connectivity index (χ2v) is 6.99. The quantitative estimate of drug-likeness (QED) is 0.537. The molecule has 0 spiro atoms. The summed E-state index contributed by atoms with van der Waals surface area (Å²) in [6.45, 7) is 2.85. The van der Waals surface area contributed by atoms with Gasteiger partial charge in [-0.05, 0) is 43.3 Å². The molecular formula is C20H24Cl2N4O2S. The predicted molar refractivity (Wildman–Crippen MR) is 120 cm³/mol. The smallest absolute Gasteiger partial charge is 0.271 e. The van der Waals surface area contributed by atoms with Crippen LogP contribution in [0.5, 0.6) is 5.75 Å². The summed E-state index contributed by atoms with van der Waals surface area (Å²) in [6, 6.07) is 13.2. The highest BCUT2D eigenvalue weighted by Crippen LogP contribution is 2.20. The van der Waals surface area contributed by atoms with Crippen molar-refractivity contribution in [3.63, 3.8) is 0 Å². The van der Waals surface area contributed by atoms with E-state index in [0.717, 1.165) is 22.0 Å². The van der Waals surface area contributed by atoms with E-state index in [1.54, 1.807) is 11.6 Å². The Morgan fingerprint density at radius 2 is 2.07 bits per heavy atom. The number of hydrogen-bond donors (Lipinski definition) is 2. The van der Waals surface area contributed by atoms with Gasteiger partial charge in [-0.2, -0.15) is 0 Å². The fourth-order valence-corrected chi connectivity index (χ4v) is 3.32. The second kappa shape index (κ2) is 12.4. The van der Waals surface area contributed by atoms with Crippen molar-refractivity contribution in [1.82, 2.24) is 15.3 Å². The normalized spacial score (nSPS) is 11.0. The molecule has 0 aliphatic rings. The number of ether oxygens (including phenoxy) is 1. The van der Waals surface area contributed by atoms with Crippen molar-refractivity contribution in [2.24, 2.45) is 5.73 Å². The molecule has 0 saturated heterocycles. The summed E-state index contributed by atoms with van der Waals surface area (Å²) < 4.78 is 5.81. The Kier molecular flexibility index (Phi) is 10.6. The Morgan fingerprint density at radius 3 is 2.79 bits per heavy atom. The molecule has 1 aromatic carbocycles. The molecule has 29 heavy (non-hydrogen) atoms.